The van der Waals surface area contributed by atoms with Gasteiger partial charge in [-0.05, 0) is 51.5 Å². The van der Waals surface area contributed by atoms with Crippen molar-refractivity contribution in [1.29, 1.82) is 0 Å². The maximum atomic E-state index is 13.0. The van der Waals surface area contributed by atoms with Crippen LogP contribution in [0.2, 0.25) is 0 Å². The summed E-state index contributed by atoms with van der Waals surface area (Å²) in [5, 5.41) is 0. The number of esters is 1. The number of aryl methyl sites for hydroxylation is 1. The van der Waals surface area contributed by atoms with Crippen molar-refractivity contribution in [3.05, 3.63) is 35.4 Å². The van der Waals surface area contributed by atoms with E-state index in [9.17, 15) is 9.59 Å². The van der Waals surface area contributed by atoms with Crippen LogP contribution in [0.5, 0.6) is 0 Å². The Morgan fingerprint density at radius 1 is 1.04 bits per heavy atom. The lowest BCUT2D eigenvalue weighted by atomic mass is 9.81. The molecule has 1 saturated heterocycles. The minimum Gasteiger partial charge on any atom is -0.469 e. The zero-order valence-corrected chi connectivity index (χ0v) is 15.5. The largest absolute Gasteiger partial charge is 0.469 e. The molecular formula is C21H29NO3. The fourth-order valence-electron chi connectivity index (χ4n) is 4.40. The van der Waals surface area contributed by atoms with Crippen LogP contribution in [-0.2, 0) is 14.3 Å². The molecule has 1 aromatic carbocycles. The second-order valence-corrected chi connectivity index (χ2v) is 7.75. The molecule has 136 valence electrons. The summed E-state index contributed by atoms with van der Waals surface area (Å²) in [6.45, 7) is 5.08. The van der Waals surface area contributed by atoms with Gasteiger partial charge in [0.25, 0.3) is 0 Å². The second-order valence-electron chi connectivity index (χ2n) is 7.75. The van der Waals surface area contributed by atoms with Crippen molar-refractivity contribution in [2.45, 2.75) is 57.9 Å². The summed E-state index contributed by atoms with van der Waals surface area (Å²) >= 11 is 0. The molecule has 1 aliphatic carbocycles. The molecule has 1 aliphatic heterocycles. The lowest BCUT2D eigenvalue weighted by Gasteiger charge is -2.31. The lowest BCUT2D eigenvalue weighted by molar-refractivity contribution is -0.148. The second kappa shape index (κ2) is 7.59. The third-order valence-electron chi connectivity index (χ3n) is 6.02. The van der Waals surface area contributed by atoms with Gasteiger partial charge in [-0.25, -0.2) is 0 Å². The molecule has 0 spiro atoms. The molecular weight excluding hydrogens is 314 g/mol. The number of hydrogen-bond acceptors (Lipinski definition) is 3. The van der Waals surface area contributed by atoms with E-state index in [0.717, 1.165) is 38.6 Å². The molecule has 0 unspecified atom stereocenters. The number of likely N-dealkylation sites (tertiary alicyclic amines) is 1. The Kier molecular flexibility index (Phi) is 5.45. The molecule has 1 saturated carbocycles. The summed E-state index contributed by atoms with van der Waals surface area (Å²) in [6, 6.07) is 8.99. The van der Waals surface area contributed by atoms with Gasteiger partial charge in [0.1, 0.15) is 0 Å². The van der Waals surface area contributed by atoms with Gasteiger partial charge in [0.05, 0.1) is 13.0 Å². The maximum Gasteiger partial charge on any atom is 0.308 e. The average Bonchev–Trinajstić information content (AvgIpc) is 3.03. The molecule has 1 aromatic rings. The fourth-order valence-corrected chi connectivity index (χ4v) is 4.40. The highest BCUT2D eigenvalue weighted by molar-refractivity contribution is 5.80. The van der Waals surface area contributed by atoms with Gasteiger partial charge in [0, 0.05) is 24.4 Å². The van der Waals surface area contributed by atoms with Crippen LogP contribution < -0.4 is 0 Å². The van der Waals surface area contributed by atoms with Gasteiger partial charge in [-0.2, -0.15) is 0 Å². The minimum absolute atomic E-state index is 0.0228. The van der Waals surface area contributed by atoms with Crippen LogP contribution in [0.25, 0.3) is 0 Å². The summed E-state index contributed by atoms with van der Waals surface area (Å²) in [5.74, 6) is 0.641. The van der Waals surface area contributed by atoms with Gasteiger partial charge >= 0.3 is 5.97 Å². The van der Waals surface area contributed by atoms with Crippen molar-refractivity contribution in [2.24, 2.45) is 11.8 Å². The SMILES string of the molecule is COC(=O)C1CCC(C(=O)N2C[C@H](c3ccc(C)cc3)C[C@H]2C)CC1. The van der Waals surface area contributed by atoms with Crippen molar-refractivity contribution in [3.8, 4) is 0 Å². The van der Waals surface area contributed by atoms with E-state index >= 15 is 0 Å². The Balaban J connectivity index is 1.59. The Morgan fingerprint density at radius 3 is 2.24 bits per heavy atom. The first-order valence-corrected chi connectivity index (χ1v) is 9.44. The van der Waals surface area contributed by atoms with Gasteiger partial charge in [-0.15, -0.1) is 0 Å². The van der Waals surface area contributed by atoms with E-state index in [2.05, 4.69) is 43.0 Å². The molecule has 0 radical (unpaired) electrons. The molecule has 2 fully saturated rings. The molecule has 3 rings (SSSR count). The van der Waals surface area contributed by atoms with Gasteiger partial charge in [-0.3, -0.25) is 9.59 Å². The number of amides is 1. The summed E-state index contributed by atoms with van der Waals surface area (Å²) in [6.07, 6.45) is 4.18. The summed E-state index contributed by atoms with van der Waals surface area (Å²) in [7, 11) is 1.44. The van der Waals surface area contributed by atoms with Gasteiger partial charge in [0.2, 0.25) is 5.91 Å². The maximum absolute atomic E-state index is 13.0. The number of hydrogen-bond donors (Lipinski definition) is 0. The summed E-state index contributed by atoms with van der Waals surface area (Å²) in [5.41, 5.74) is 2.60. The standard InChI is InChI=1S/C21H29NO3/c1-14-4-6-16(7-5-14)19-12-15(2)22(13-19)20(23)17-8-10-18(11-9-17)21(24)25-3/h4-7,15,17-19H,8-13H2,1-3H3/t15-,17?,18?,19-/m1/s1. The first-order chi connectivity index (χ1) is 12.0. The Morgan fingerprint density at radius 2 is 1.64 bits per heavy atom. The average molecular weight is 343 g/mol. The molecule has 0 bridgehead atoms. The Hall–Kier alpha value is -1.84. The number of methoxy groups -OCH3 is 1. The van der Waals surface area contributed by atoms with E-state index in [-0.39, 0.29) is 29.8 Å². The summed E-state index contributed by atoms with van der Waals surface area (Å²) in [4.78, 5) is 26.7. The smallest absolute Gasteiger partial charge is 0.308 e. The topological polar surface area (TPSA) is 46.6 Å². The van der Waals surface area contributed by atoms with E-state index in [4.69, 9.17) is 4.74 Å². The van der Waals surface area contributed by atoms with E-state index in [1.54, 1.807) is 0 Å². The highest BCUT2D eigenvalue weighted by atomic mass is 16.5. The Labute approximate surface area is 150 Å². The third-order valence-corrected chi connectivity index (χ3v) is 6.02. The van der Waals surface area contributed by atoms with Crippen LogP contribution in [-0.4, -0.2) is 36.5 Å². The molecule has 25 heavy (non-hydrogen) atoms. The van der Waals surface area contributed by atoms with Crippen LogP contribution in [0.1, 0.15) is 56.1 Å². The van der Waals surface area contributed by atoms with Gasteiger partial charge in [0.15, 0.2) is 0 Å². The van der Waals surface area contributed by atoms with Crippen LogP contribution >= 0.6 is 0 Å². The molecule has 4 nitrogen and oxygen atoms in total. The molecule has 0 aromatic heterocycles. The van der Waals surface area contributed by atoms with E-state index in [0.29, 0.717) is 5.92 Å². The zero-order chi connectivity index (χ0) is 18.0. The number of ether oxygens (including phenoxy) is 1. The molecule has 2 atom stereocenters. The highest BCUT2D eigenvalue weighted by Gasteiger charge is 2.38. The van der Waals surface area contributed by atoms with Crippen molar-refractivity contribution in [3.63, 3.8) is 0 Å². The first kappa shape index (κ1) is 18.0. The van der Waals surface area contributed by atoms with E-state index in [1.807, 2.05) is 0 Å². The van der Waals surface area contributed by atoms with Crippen LogP contribution in [0.4, 0.5) is 0 Å². The van der Waals surface area contributed by atoms with E-state index < -0.39 is 0 Å². The van der Waals surface area contributed by atoms with Crippen molar-refractivity contribution in [2.75, 3.05) is 13.7 Å². The van der Waals surface area contributed by atoms with Crippen LogP contribution in [0.15, 0.2) is 24.3 Å². The molecule has 1 amide bonds. The quantitative estimate of drug-likeness (QED) is 0.787. The summed E-state index contributed by atoms with van der Waals surface area (Å²) < 4.78 is 4.84. The normalized spacial score (nSPS) is 29.5. The van der Waals surface area contributed by atoms with Crippen LogP contribution in [0.3, 0.4) is 0 Å². The number of nitrogens with zero attached hydrogens (tertiary/aromatic N) is 1. The fraction of sp³-hybridized carbons (Fsp3) is 0.619. The monoisotopic (exact) mass is 343 g/mol. The predicted octanol–water partition coefficient (Wildman–Crippen LogP) is 3.68. The van der Waals surface area contributed by atoms with E-state index in [1.165, 1.54) is 18.2 Å². The number of rotatable bonds is 3. The molecule has 2 aliphatic rings. The molecule has 0 N–H and O–H groups in total. The molecule has 1 heterocycles. The van der Waals surface area contributed by atoms with Crippen molar-refractivity contribution < 1.29 is 14.3 Å². The number of carbonyl (C=O) groups is 2. The lowest BCUT2D eigenvalue weighted by Crippen LogP contribution is -2.40. The van der Waals surface area contributed by atoms with Gasteiger partial charge in [-0.1, -0.05) is 29.8 Å². The van der Waals surface area contributed by atoms with Gasteiger partial charge < -0.3 is 9.64 Å². The third kappa shape index (κ3) is 3.88. The zero-order valence-electron chi connectivity index (χ0n) is 15.5. The van der Waals surface area contributed by atoms with Crippen molar-refractivity contribution >= 4 is 11.9 Å². The number of carbonyl (C=O) groups excluding carboxylic acids is 2. The highest BCUT2D eigenvalue weighted by Crippen LogP contribution is 2.36. The Bertz CT molecular complexity index is 617. The number of benzene rings is 1. The van der Waals surface area contributed by atoms with Crippen LogP contribution in [0, 0.1) is 18.8 Å². The predicted molar refractivity (Wildman–Crippen MR) is 97.2 cm³/mol. The van der Waals surface area contributed by atoms with Crippen molar-refractivity contribution in [1.82, 2.24) is 4.90 Å². The molecule has 4 heteroatoms. The first-order valence-electron chi connectivity index (χ1n) is 9.44. The minimum atomic E-state index is -0.125.